The lowest BCUT2D eigenvalue weighted by Gasteiger charge is -2.16. The van der Waals surface area contributed by atoms with E-state index >= 15 is 0 Å². The van der Waals surface area contributed by atoms with Gasteiger partial charge in [0.1, 0.15) is 11.4 Å². The van der Waals surface area contributed by atoms with Gasteiger partial charge >= 0.3 is 0 Å². The number of aromatic nitrogens is 1. The van der Waals surface area contributed by atoms with E-state index in [9.17, 15) is 4.79 Å². The molecular weight excluding hydrogens is 354 g/mol. The number of pyridine rings is 1. The number of hydrogen-bond acceptors (Lipinski definition) is 5. The first-order valence-corrected chi connectivity index (χ1v) is 8.20. The molecule has 0 radical (unpaired) electrons. The third-order valence-corrected chi connectivity index (χ3v) is 4.29. The van der Waals surface area contributed by atoms with Crippen LogP contribution in [0.3, 0.4) is 0 Å². The largest absolute Gasteiger partial charge is 0.412 e. The molecule has 26 heavy (non-hydrogen) atoms. The van der Waals surface area contributed by atoms with Crippen LogP contribution in [-0.4, -0.2) is 27.8 Å². The summed E-state index contributed by atoms with van der Waals surface area (Å²) in [6.45, 7) is 0. The third kappa shape index (κ3) is 5.60. The maximum atomic E-state index is 12.2. The lowest BCUT2D eigenvalue weighted by Crippen LogP contribution is -2.28. The van der Waals surface area contributed by atoms with Gasteiger partial charge in [0, 0.05) is 17.1 Å². The molecule has 2 aromatic rings. The first-order chi connectivity index (χ1) is 11.1. The van der Waals surface area contributed by atoms with Crippen LogP contribution in [0.4, 0.5) is 11.4 Å². The van der Waals surface area contributed by atoms with Crippen LogP contribution >= 0.6 is 12.6 Å². The lowest BCUT2D eigenvalue weighted by molar-refractivity contribution is 0.754. The zero-order valence-corrected chi connectivity index (χ0v) is 15.4. The van der Waals surface area contributed by atoms with Gasteiger partial charge in [-0.05, 0) is 37.1 Å². The summed E-state index contributed by atoms with van der Waals surface area (Å²) in [5, 5.41) is 3.43. The molecule has 144 valence electrons. The molecule has 1 aromatic carbocycles. The zero-order chi connectivity index (χ0) is 16.2. The van der Waals surface area contributed by atoms with E-state index in [0.717, 1.165) is 23.4 Å². The monoisotopic (exact) mass is 381 g/mol. The minimum absolute atomic E-state index is 0. The van der Waals surface area contributed by atoms with Crippen molar-refractivity contribution in [2.24, 2.45) is 10.7 Å². The first kappa shape index (κ1) is 23.7. The summed E-state index contributed by atoms with van der Waals surface area (Å²) in [7, 11) is 0. The predicted octanol–water partition coefficient (Wildman–Crippen LogP) is 1.57. The van der Waals surface area contributed by atoms with Crippen LogP contribution < -0.4 is 22.8 Å². The first-order valence-electron chi connectivity index (χ1n) is 7.75. The van der Waals surface area contributed by atoms with Crippen molar-refractivity contribution in [1.82, 2.24) is 11.1 Å². The van der Waals surface area contributed by atoms with Crippen molar-refractivity contribution in [3.8, 4) is 0 Å². The van der Waals surface area contributed by atoms with Crippen molar-refractivity contribution in [3.05, 3.63) is 52.4 Å². The molecule has 1 heterocycles. The molecule has 11 N–H and O–H groups in total. The standard InChI is InChI=1S/C17H20N4OS.H3N.2H2O/c18-16(21-12-6-3-7-13(23)10-12)15-14(8-9-19-17(15)22)20-11-4-1-2-5-11;;;/h3,6-11,23H,1-2,4-5H2,(H2,18,21)(H2,19,20,22);1H3;2*1H2. The Labute approximate surface area is 157 Å². The second-order valence-electron chi connectivity index (χ2n) is 5.74. The number of nitrogens with zero attached hydrogens (tertiary/aromatic N) is 1. The van der Waals surface area contributed by atoms with Crippen molar-refractivity contribution in [2.75, 3.05) is 5.32 Å². The van der Waals surface area contributed by atoms with Crippen LogP contribution in [0.25, 0.3) is 0 Å². The van der Waals surface area contributed by atoms with Crippen molar-refractivity contribution < 1.29 is 11.0 Å². The van der Waals surface area contributed by atoms with Crippen LogP contribution in [0.2, 0.25) is 0 Å². The van der Waals surface area contributed by atoms with E-state index in [1.54, 1.807) is 12.3 Å². The van der Waals surface area contributed by atoms with Gasteiger partial charge in [-0.2, -0.15) is 0 Å². The SMILES string of the molecule is N.NC(=Nc1cccc(S)c1)c1c(NC2CCCC2)cc[nH]c1=O.O.O. The highest BCUT2D eigenvalue weighted by molar-refractivity contribution is 7.80. The molecular formula is C17H27N5O3S. The Morgan fingerprint density at radius 3 is 2.58 bits per heavy atom. The number of amidine groups is 1. The van der Waals surface area contributed by atoms with Crippen molar-refractivity contribution in [2.45, 2.75) is 36.6 Å². The number of nitrogens with two attached hydrogens (primary N) is 1. The molecule has 0 aliphatic heterocycles. The number of aromatic amines is 1. The van der Waals surface area contributed by atoms with Crippen LogP contribution in [0, 0.1) is 0 Å². The van der Waals surface area contributed by atoms with Crippen molar-refractivity contribution in [1.29, 1.82) is 0 Å². The van der Waals surface area contributed by atoms with Gasteiger partial charge in [0.2, 0.25) is 0 Å². The van der Waals surface area contributed by atoms with E-state index in [0.29, 0.717) is 17.3 Å². The van der Waals surface area contributed by atoms with Crippen LogP contribution in [-0.2, 0) is 0 Å². The highest BCUT2D eigenvalue weighted by Crippen LogP contribution is 2.24. The fraction of sp³-hybridized carbons (Fsp3) is 0.294. The summed E-state index contributed by atoms with van der Waals surface area (Å²) in [5.74, 6) is 0.200. The number of rotatable bonds is 4. The molecule has 0 atom stereocenters. The number of anilines is 1. The summed E-state index contributed by atoms with van der Waals surface area (Å²) in [5.41, 5.74) is 7.68. The molecule has 3 rings (SSSR count). The molecule has 0 unspecified atom stereocenters. The van der Waals surface area contributed by atoms with Gasteiger partial charge in [0.05, 0.1) is 11.4 Å². The molecule has 1 aliphatic rings. The van der Waals surface area contributed by atoms with Gasteiger partial charge in [-0.3, -0.25) is 4.79 Å². The molecule has 1 fully saturated rings. The van der Waals surface area contributed by atoms with Crippen LogP contribution in [0.1, 0.15) is 31.2 Å². The van der Waals surface area contributed by atoms with Gasteiger partial charge < -0.3 is 33.1 Å². The minimum Gasteiger partial charge on any atom is -0.412 e. The fourth-order valence-corrected chi connectivity index (χ4v) is 3.12. The Bertz CT molecular complexity index is 788. The van der Waals surface area contributed by atoms with Crippen molar-refractivity contribution >= 4 is 29.8 Å². The average Bonchev–Trinajstić information content (AvgIpc) is 3.00. The van der Waals surface area contributed by atoms with Gasteiger partial charge in [0.15, 0.2) is 0 Å². The van der Waals surface area contributed by atoms with E-state index in [1.807, 2.05) is 24.3 Å². The van der Waals surface area contributed by atoms with E-state index in [1.165, 1.54) is 12.8 Å². The Morgan fingerprint density at radius 2 is 1.92 bits per heavy atom. The molecule has 0 saturated heterocycles. The lowest BCUT2D eigenvalue weighted by atomic mass is 10.1. The number of benzene rings is 1. The summed E-state index contributed by atoms with van der Waals surface area (Å²) >= 11 is 4.29. The molecule has 0 bridgehead atoms. The van der Waals surface area contributed by atoms with E-state index in [4.69, 9.17) is 5.73 Å². The Morgan fingerprint density at radius 1 is 1.23 bits per heavy atom. The second kappa shape index (κ2) is 10.6. The quantitative estimate of drug-likeness (QED) is 0.306. The van der Waals surface area contributed by atoms with E-state index < -0.39 is 0 Å². The molecule has 0 amide bonds. The molecule has 1 saturated carbocycles. The van der Waals surface area contributed by atoms with Gasteiger partial charge in [-0.25, -0.2) is 4.99 Å². The highest BCUT2D eigenvalue weighted by Gasteiger charge is 2.18. The molecule has 0 spiro atoms. The van der Waals surface area contributed by atoms with Gasteiger partial charge in [-0.15, -0.1) is 12.6 Å². The van der Waals surface area contributed by atoms with E-state index in [-0.39, 0.29) is 28.5 Å². The average molecular weight is 382 g/mol. The second-order valence-corrected chi connectivity index (χ2v) is 6.25. The van der Waals surface area contributed by atoms with E-state index in [2.05, 4.69) is 27.9 Å². The summed E-state index contributed by atoms with van der Waals surface area (Å²) in [6, 6.07) is 9.57. The Kier molecular flexibility index (Phi) is 9.66. The van der Waals surface area contributed by atoms with Gasteiger partial charge in [-0.1, -0.05) is 18.9 Å². The minimum atomic E-state index is -0.240. The predicted molar refractivity (Wildman–Crippen MR) is 109 cm³/mol. The summed E-state index contributed by atoms with van der Waals surface area (Å²) in [4.78, 5) is 20.1. The molecule has 8 nitrogen and oxygen atoms in total. The Hall–Kier alpha value is -2.33. The fourth-order valence-electron chi connectivity index (χ4n) is 2.90. The number of aliphatic imine (C=N–C) groups is 1. The topological polar surface area (TPSA) is 181 Å². The van der Waals surface area contributed by atoms with Crippen LogP contribution in [0.15, 0.2) is 51.2 Å². The maximum Gasteiger partial charge on any atom is 0.261 e. The third-order valence-electron chi connectivity index (χ3n) is 4.01. The molecule has 1 aromatic heterocycles. The Balaban J connectivity index is 0.00000208. The van der Waals surface area contributed by atoms with Crippen molar-refractivity contribution in [3.63, 3.8) is 0 Å². The highest BCUT2D eigenvalue weighted by atomic mass is 32.1. The van der Waals surface area contributed by atoms with Gasteiger partial charge in [0.25, 0.3) is 5.56 Å². The number of nitrogens with one attached hydrogen (secondary N) is 2. The molecule has 1 aliphatic carbocycles. The summed E-state index contributed by atoms with van der Waals surface area (Å²) in [6.07, 6.45) is 6.30. The normalized spacial score (nSPS) is 14.0. The maximum absolute atomic E-state index is 12.2. The summed E-state index contributed by atoms with van der Waals surface area (Å²) < 4.78 is 0. The number of hydrogen-bond donors (Lipinski definition) is 5. The number of H-pyrrole nitrogens is 1. The molecule has 9 heteroatoms. The van der Waals surface area contributed by atoms with Crippen LogP contribution in [0.5, 0.6) is 0 Å². The zero-order valence-electron chi connectivity index (χ0n) is 14.5. The number of thiol groups is 1. The smallest absolute Gasteiger partial charge is 0.261 e.